The number of nitrogens with zero attached hydrogens (tertiary/aromatic N) is 1. The quantitative estimate of drug-likeness (QED) is 0.745. The zero-order valence-electron chi connectivity index (χ0n) is 15.6. The van der Waals surface area contributed by atoms with Gasteiger partial charge in [-0.05, 0) is 54.1 Å². The summed E-state index contributed by atoms with van der Waals surface area (Å²) < 4.78 is 5.11. The number of benzene rings is 2. The van der Waals surface area contributed by atoms with Crippen molar-refractivity contribution in [3.8, 4) is 5.75 Å². The van der Waals surface area contributed by atoms with Crippen molar-refractivity contribution in [1.29, 1.82) is 0 Å². The minimum absolute atomic E-state index is 0.0438. The van der Waals surface area contributed by atoms with E-state index in [1.165, 1.54) is 0 Å². The predicted octanol–water partition coefficient (Wildman–Crippen LogP) is 4.07. The van der Waals surface area contributed by atoms with E-state index in [1.807, 2.05) is 43.3 Å². The van der Waals surface area contributed by atoms with Gasteiger partial charge in [-0.3, -0.25) is 19.3 Å². The van der Waals surface area contributed by atoms with Crippen molar-refractivity contribution in [2.24, 2.45) is 0 Å². The molecule has 1 N–H and O–H groups in total. The van der Waals surface area contributed by atoms with Crippen LogP contribution in [0, 0.1) is 6.92 Å². The highest BCUT2D eigenvalue weighted by molar-refractivity contribution is 8.18. The van der Waals surface area contributed by atoms with Crippen molar-refractivity contribution < 1.29 is 19.1 Å². The van der Waals surface area contributed by atoms with Crippen LogP contribution in [0.25, 0.3) is 6.08 Å². The molecule has 3 amide bonds. The molecule has 0 radical (unpaired) electrons. The molecule has 7 heteroatoms. The second-order valence-corrected chi connectivity index (χ2v) is 7.21. The topological polar surface area (TPSA) is 75.7 Å². The van der Waals surface area contributed by atoms with E-state index in [-0.39, 0.29) is 30.0 Å². The van der Waals surface area contributed by atoms with Crippen LogP contribution in [0.3, 0.4) is 0 Å². The van der Waals surface area contributed by atoms with Crippen LogP contribution in [-0.2, 0) is 9.59 Å². The second kappa shape index (κ2) is 8.75. The first-order valence-electron chi connectivity index (χ1n) is 8.73. The molecular weight excluding hydrogens is 376 g/mol. The highest BCUT2D eigenvalue weighted by Gasteiger charge is 2.35. The van der Waals surface area contributed by atoms with Gasteiger partial charge in [0.2, 0.25) is 5.91 Å². The van der Waals surface area contributed by atoms with E-state index in [1.54, 1.807) is 25.3 Å². The molecule has 2 aromatic carbocycles. The number of imide groups is 1. The Hall–Kier alpha value is -3.06. The molecule has 144 valence electrons. The van der Waals surface area contributed by atoms with Crippen molar-refractivity contribution in [3.05, 3.63) is 64.6 Å². The first-order chi connectivity index (χ1) is 13.5. The SMILES string of the molecule is COc1ccc(/C=C2/SC(=O)N(CCC(=O)Nc3ccccc3C)C2=O)cc1. The Balaban J connectivity index is 1.61. The number of carbonyl (C=O) groups is 3. The third-order valence-electron chi connectivity index (χ3n) is 4.27. The lowest BCUT2D eigenvalue weighted by atomic mass is 10.2. The number of para-hydroxylation sites is 1. The summed E-state index contributed by atoms with van der Waals surface area (Å²) in [5, 5.41) is 2.44. The third-order valence-corrected chi connectivity index (χ3v) is 5.18. The van der Waals surface area contributed by atoms with Crippen LogP contribution in [-0.4, -0.2) is 35.6 Å². The molecule has 1 saturated heterocycles. The molecule has 28 heavy (non-hydrogen) atoms. The van der Waals surface area contributed by atoms with Crippen LogP contribution in [0.15, 0.2) is 53.4 Å². The Bertz CT molecular complexity index is 938. The average Bonchev–Trinajstić information content (AvgIpc) is 2.95. The fourth-order valence-electron chi connectivity index (χ4n) is 2.68. The van der Waals surface area contributed by atoms with E-state index in [2.05, 4.69) is 5.32 Å². The van der Waals surface area contributed by atoms with E-state index in [9.17, 15) is 14.4 Å². The fourth-order valence-corrected chi connectivity index (χ4v) is 3.55. The lowest BCUT2D eigenvalue weighted by molar-refractivity contribution is -0.123. The van der Waals surface area contributed by atoms with Crippen molar-refractivity contribution in [3.63, 3.8) is 0 Å². The van der Waals surface area contributed by atoms with Crippen LogP contribution >= 0.6 is 11.8 Å². The predicted molar refractivity (Wildman–Crippen MR) is 110 cm³/mol. The Morgan fingerprint density at radius 1 is 1.14 bits per heavy atom. The van der Waals surface area contributed by atoms with Gasteiger partial charge >= 0.3 is 0 Å². The summed E-state index contributed by atoms with van der Waals surface area (Å²) >= 11 is 0.880. The van der Waals surface area contributed by atoms with Crippen molar-refractivity contribution in [2.45, 2.75) is 13.3 Å². The summed E-state index contributed by atoms with van der Waals surface area (Å²) in [6, 6.07) is 14.6. The Morgan fingerprint density at radius 3 is 2.54 bits per heavy atom. The summed E-state index contributed by atoms with van der Waals surface area (Å²) in [5.41, 5.74) is 2.47. The molecule has 1 aliphatic rings. The van der Waals surface area contributed by atoms with Gasteiger partial charge in [0.1, 0.15) is 5.75 Å². The maximum Gasteiger partial charge on any atom is 0.293 e. The molecule has 1 fully saturated rings. The van der Waals surface area contributed by atoms with Gasteiger partial charge in [0.15, 0.2) is 0 Å². The largest absolute Gasteiger partial charge is 0.497 e. The molecule has 2 aromatic rings. The molecule has 0 unspecified atom stereocenters. The number of ether oxygens (including phenoxy) is 1. The van der Waals surface area contributed by atoms with Crippen LogP contribution < -0.4 is 10.1 Å². The van der Waals surface area contributed by atoms with E-state index in [4.69, 9.17) is 4.74 Å². The molecule has 3 rings (SSSR count). The lowest BCUT2D eigenvalue weighted by Crippen LogP contribution is -2.31. The number of hydrogen-bond acceptors (Lipinski definition) is 5. The zero-order chi connectivity index (χ0) is 20.1. The first-order valence-corrected chi connectivity index (χ1v) is 9.54. The van der Waals surface area contributed by atoms with Gasteiger partial charge in [-0.1, -0.05) is 30.3 Å². The Kier molecular flexibility index (Phi) is 6.16. The molecular formula is C21H20N2O4S. The number of anilines is 1. The number of nitrogens with one attached hydrogen (secondary N) is 1. The smallest absolute Gasteiger partial charge is 0.293 e. The maximum atomic E-state index is 12.5. The van der Waals surface area contributed by atoms with Crippen LogP contribution in [0.5, 0.6) is 5.75 Å². The Morgan fingerprint density at radius 2 is 1.86 bits per heavy atom. The monoisotopic (exact) mass is 396 g/mol. The minimum atomic E-state index is -0.380. The molecule has 0 aromatic heterocycles. The maximum absolute atomic E-state index is 12.5. The van der Waals surface area contributed by atoms with E-state index < -0.39 is 0 Å². The number of hydrogen-bond donors (Lipinski definition) is 1. The standard InChI is InChI=1S/C21H20N2O4S/c1-14-5-3-4-6-17(14)22-19(24)11-12-23-20(25)18(28-21(23)26)13-15-7-9-16(27-2)10-8-15/h3-10,13H,11-12H2,1-2H3,(H,22,24)/b18-13+. The summed E-state index contributed by atoms with van der Waals surface area (Å²) in [5.74, 6) is 0.0897. The molecule has 0 bridgehead atoms. The third kappa shape index (κ3) is 4.61. The molecule has 0 saturated carbocycles. The summed E-state index contributed by atoms with van der Waals surface area (Å²) in [7, 11) is 1.58. The van der Waals surface area contributed by atoms with Gasteiger partial charge in [-0.15, -0.1) is 0 Å². The Labute approximate surface area is 167 Å². The van der Waals surface area contributed by atoms with Crippen molar-refractivity contribution in [1.82, 2.24) is 4.90 Å². The number of amides is 3. The highest BCUT2D eigenvalue weighted by atomic mass is 32.2. The van der Waals surface area contributed by atoms with E-state index in [0.29, 0.717) is 10.7 Å². The number of rotatable bonds is 6. The normalized spacial score (nSPS) is 15.2. The molecule has 1 aliphatic heterocycles. The van der Waals surface area contributed by atoms with Crippen molar-refractivity contribution in [2.75, 3.05) is 19.0 Å². The first kappa shape index (κ1) is 19.7. The number of thioether (sulfide) groups is 1. The van der Waals surface area contributed by atoms with Crippen LogP contribution in [0.1, 0.15) is 17.5 Å². The molecule has 0 atom stereocenters. The van der Waals surface area contributed by atoms with Gasteiger partial charge in [0, 0.05) is 18.7 Å². The number of methoxy groups -OCH3 is 1. The summed E-state index contributed by atoms with van der Waals surface area (Å²) in [4.78, 5) is 38.3. The molecule has 0 spiro atoms. The lowest BCUT2D eigenvalue weighted by Gasteiger charge is -2.13. The zero-order valence-corrected chi connectivity index (χ0v) is 16.4. The number of carbonyl (C=O) groups excluding carboxylic acids is 3. The van der Waals surface area contributed by atoms with Crippen LogP contribution in [0.2, 0.25) is 0 Å². The van der Waals surface area contributed by atoms with E-state index >= 15 is 0 Å². The number of aryl methyl sites for hydroxylation is 1. The minimum Gasteiger partial charge on any atom is -0.497 e. The summed E-state index contributed by atoms with van der Waals surface area (Å²) in [6.07, 6.45) is 1.71. The van der Waals surface area contributed by atoms with Gasteiger partial charge in [-0.2, -0.15) is 0 Å². The van der Waals surface area contributed by atoms with Gasteiger partial charge in [0.05, 0.1) is 12.0 Å². The van der Waals surface area contributed by atoms with Crippen molar-refractivity contribution >= 4 is 40.6 Å². The molecule has 0 aliphatic carbocycles. The van der Waals surface area contributed by atoms with Gasteiger partial charge in [-0.25, -0.2) is 0 Å². The second-order valence-electron chi connectivity index (χ2n) is 6.22. The summed E-state index contributed by atoms with van der Waals surface area (Å²) in [6.45, 7) is 1.94. The van der Waals surface area contributed by atoms with E-state index in [0.717, 1.165) is 33.5 Å². The van der Waals surface area contributed by atoms with Crippen LogP contribution in [0.4, 0.5) is 10.5 Å². The average molecular weight is 396 g/mol. The van der Waals surface area contributed by atoms with Gasteiger partial charge < -0.3 is 10.1 Å². The van der Waals surface area contributed by atoms with Gasteiger partial charge in [0.25, 0.3) is 11.1 Å². The fraction of sp³-hybridized carbons (Fsp3) is 0.190. The highest BCUT2D eigenvalue weighted by Crippen LogP contribution is 2.32. The molecule has 6 nitrogen and oxygen atoms in total. The molecule has 1 heterocycles.